The van der Waals surface area contributed by atoms with Crippen LogP contribution in [0.25, 0.3) is 0 Å². The average molecular weight is 226 g/mol. The standard InChI is InChI=1S/C3H7IN4/c1-7-2-3(4)8(5)6-7/h2,6H,5H2,1H3. The number of halogens is 1. The third-order valence-corrected chi connectivity index (χ3v) is 1.59. The third kappa shape index (κ3) is 1.04. The molecule has 0 saturated carbocycles. The summed E-state index contributed by atoms with van der Waals surface area (Å²) in [6, 6.07) is 0. The highest BCUT2D eigenvalue weighted by molar-refractivity contribution is 14.1. The van der Waals surface area contributed by atoms with Gasteiger partial charge in [-0.15, -0.1) is 5.53 Å². The van der Waals surface area contributed by atoms with Gasteiger partial charge in [0.05, 0.1) is 6.20 Å². The second kappa shape index (κ2) is 2.08. The van der Waals surface area contributed by atoms with Gasteiger partial charge in [0.15, 0.2) is 0 Å². The number of rotatable bonds is 0. The van der Waals surface area contributed by atoms with E-state index in [0.29, 0.717) is 0 Å². The summed E-state index contributed by atoms with van der Waals surface area (Å²) in [6.45, 7) is 0. The normalized spacial score (nSPS) is 19.6. The summed E-state index contributed by atoms with van der Waals surface area (Å²) in [4.78, 5) is 0. The van der Waals surface area contributed by atoms with Gasteiger partial charge < -0.3 is 0 Å². The maximum Gasteiger partial charge on any atom is 0.127 e. The lowest BCUT2D eigenvalue weighted by Crippen LogP contribution is -2.42. The molecule has 0 aromatic heterocycles. The van der Waals surface area contributed by atoms with E-state index >= 15 is 0 Å². The molecule has 0 atom stereocenters. The molecule has 4 nitrogen and oxygen atoms in total. The molecule has 5 heteroatoms. The Morgan fingerprint density at radius 3 is 2.62 bits per heavy atom. The van der Waals surface area contributed by atoms with E-state index in [-0.39, 0.29) is 0 Å². The van der Waals surface area contributed by atoms with Crippen LogP contribution in [0.5, 0.6) is 0 Å². The minimum atomic E-state index is 0.977. The van der Waals surface area contributed by atoms with Gasteiger partial charge in [-0.05, 0) is 22.6 Å². The molecule has 0 amide bonds. The van der Waals surface area contributed by atoms with E-state index < -0.39 is 0 Å². The van der Waals surface area contributed by atoms with Crippen molar-refractivity contribution in [1.82, 2.24) is 15.7 Å². The molecule has 0 radical (unpaired) electrons. The fraction of sp³-hybridized carbons (Fsp3) is 0.333. The molecular weight excluding hydrogens is 219 g/mol. The molecule has 8 heavy (non-hydrogen) atoms. The number of nitrogens with two attached hydrogens (primary N) is 1. The van der Waals surface area contributed by atoms with Crippen LogP contribution < -0.4 is 11.4 Å². The first-order valence-corrected chi connectivity index (χ1v) is 3.19. The van der Waals surface area contributed by atoms with Crippen molar-refractivity contribution >= 4 is 22.6 Å². The Kier molecular flexibility index (Phi) is 1.59. The molecule has 0 aromatic carbocycles. The maximum absolute atomic E-state index is 5.37. The zero-order valence-corrected chi connectivity index (χ0v) is 6.58. The van der Waals surface area contributed by atoms with Gasteiger partial charge in [0, 0.05) is 7.05 Å². The van der Waals surface area contributed by atoms with Crippen LogP contribution in [0.4, 0.5) is 0 Å². The van der Waals surface area contributed by atoms with Crippen molar-refractivity contribution in [3.8, 4) is 0 Å². The Labute approximate surface area is 61.4 Å². The number of nitrogens with zero attached hydrogens (tertiary/aromatic N) is 2. The molecule has 0 fully saturated rings. The van der Waals surface area contributed by atoms with Gasteiger partial charge in [0.1, 0.15) is 3.70 Å². The topological polar surface area (TPSA) is 44.5 Å². The summed E-state index contributed by atoms with van der Waals surface area (Å²) in [7, 11) is 1.88. The van der Waals surface area contributed by atoms with Crippen molar-refractivity contribution < 1.29 is 0 Å². The van der Waals surface area contributed by atoms with Crippen molar-refractivity contribution in [3.05, 3.63) is 9.90 Å². The van der Waals surface area contributed by atoms with Gasteiger partial charge in [-0.3, -0.25) is 5.01 Å². The number of hydrazine groups is 3. The predicted molar refractivity (Wildman–Crippen MR) is 39.0 cm³/mol. The van der Waals surface area contributed by atoms with Crippen molar-refractivity contribution in [3.63, 3.8) is 0 Å². The molecule has 1 aliphatic rings. The van der Waals surface area contributed by atoms with E-state index in [1.54, 1.807) is 5.01 Å². The molecule has 0 bridgehead atoms. The number of hydrogen-bond donors (Lipinski definition) is 2. The molecule has 0 spiro atoms. The minimum Gasteiger partial charge on any atom is -0.297 e. The summed E-state index contributed by atoms with van der Waals surface area (Å²) in [6.07, 6.45) is 1.89. The van der Waals surface area contributed by atoms with E-state index in [0.717, 1.165) is 3.70 Å². The van der Waals surface area contributed by atoms with Gasteiger partial charge in [-0.2, -0.15) is 0 Å². The molecular formula is C3H7IN4. The summed E-state index contributed by atoms with van der Waals surface area (Å²) >= 11 is 2.13. The van der Waals surface area contributed by atoms with Gasteiger partial charge >= 0.3 is 0 Å². The highest BCUT2D eigenvalue weighted by atomic mass is 127. The zero-order chi connectivity index (χ0) is 6.15. The van der Waals surface area contributed by atoms with Crippen molar-refractivity contribution in [2.45, 2.75) is 0 Å². The summed E-state index contributed by atoms with van der Waals surface area (Å²) in [5.74, 6) is 5.37. The van der Waals surface area contributed by atoms with Crippen LogP contribution in [0, 0.1) is 0 Å². The maximum atomic E-state index is 5.37. The first kappa shape index (κ1) is 6.12. The second-order valence-electron chi connectivity index (χ2n) is 1.53. The average Bonchev–Trinajstić information content (AvgIpc) is 1.85. The smallest absolute Gasteiger partial charge is 0.127 e. The lowest BCUT2D eigenvalue weighted by Gasteiger charge is -2.13. The Hall–Kier alpha value is -0.0100. The first-order valence-electron chi connectivity index (χ1n) is 2.11. The Bertz CT molecular complexity index is 122. The van der Waals surface area contributed by atoms with E-state index in [9.17, 15) is 0 Å². The molecule has 0 saturated heterocycles. The summed E-state index contributed by atoms with van der Waals surface area (Å²) in [5, 5.41) is 3.22. The van der Waals surface area contributed by atoms with Gasteiger partial charge in [-0.1, -0.05) is 0 Å². The van der Waals surface area contributed by atoms with Crippen LogP contribution in [0.15, 0.2) is 9.90 Å². The fourth-order valence-electron chi connectivity index (χ4n) is 0.469. The molecule has 0 unspecified atom stereocenters. The number of nitrogens with one attached hydrogen (secondary N) is 1. The highest BCUT2D eigenvalue weighted by Gasteiger charge is 2.09. The first-order chi connectivity index (χ1) is 3.70. The third-order valence-electron chi connectivity index (χ3n) is 0.796. The predicted octanol–water partition coefficient (Wildman–Crippen LogP) is -0.239. The van der Waals surface area contributed by atoms with Gasteiger partial charge in [0.25, 0.3) is 0 Å². The number of hydrogen-bond acceptors (Lipinski definition) is 4. The van der Waals surface area contributed by atoms with E-state index in [1.165, 1.54) is 5.12 Å². The molecule has 3 N–H and O–H groups in total. The van der Waals surface area contributed by atoms with Crippen LogP contribution in [-0.2, 0) is 0 Å². The van der Waals surface area contributed by atoms with Crippen molar-refractivity contribution in [2.75, 3.05) is 7.05 Å². The molecule has 1 heterocycles. The van der Waals surface area contributed by atoms with Crippen LogP contribution in [0.2, 0.25) is 0 Å². The quantitative estimate of drug-likeness (QED) is 0.340. The van der Waals surface area contributed by atoms with E-state index in [4.69, 9.17) is 5.84 Å². The summed E-state index contributed by atoms with van der Waals surface area (Å²) in [5.41, 5.74) is 2.81. The van der Waals surface area contributed by atoms with Gasteiger partial charge in [0.2, 0.25) is 0 Å². The second-order valence-corrected chi connectivity index (χ2v) is 2.64. The highest BCUT2D eigenvalue weighted by Crippen LogP contribution is 2.11. The minimum absolute atomic E-state index is 0.977. The van der Waals surface area contributed by atoms with Crippen LogP contribution in [0.1, 0.15) is 0 Å². The Morgan fingerprint density at radius 1 is 1.88 bits per heavy atom. The van der Waals surface area contributed by atoms with Crippen molar-refractivity contribution in [1.29, 1.82) is 0 Å². The molecule has 0 aliphatic carbocycles. The van der Waals surface area contributed by atoms with Crippen molar-refractivity contribution in [2.24, 2.45) is 5.84 Å². The van der Waals surface area contributed by atoms with E-state index in [1.807, 2.05) is 13.2 Å². The van der Waals surface area contributed by atoms with Crippen LogP contribution >= 0.6 is 22.6 Å². The largest absolute Gasteiger partial charge is 0.297 e. The van der Waals surface area contributed by atoms with E-state index in [2.05, 4.69) is 28.1 Å². The molecule has 0 aromatic rings. The van der Waals surface area contributed by atoms with Crippen LogP contribution in [0.3, 0.4) is 0 Å². The SMILES string of the molecule is CN1C=C(I)N(N)N1. The lowest BCUT2D eigenvalue weighted by molar-refractivity contribution is 0.163. The molecule has 46 valence electrons. The Balaban J connectivity index is 2.59. The Morgan fingerprint density at radius 2 is 2.50 bits per heavy atom. The lowest BCUT2D eigenvalue weighted by atomic mass is 10.9. The zero-order valence-electron chi connectivity index (χ0n) is 4.43. The summed E-state index contributed by atoms with van der Waals surface area (Å²) < 4.78 is 0.977. The molecule has 1 rings (SSSR count). The monoisotopic (exact) mass is 226 g/mol. The fourth-order valence-corrected chi connectivity index (χ4v) is 0.994. The van der Waals surface area contributed by atoms with Gasteiger partial charge in [-0.25, -0.2) is 11.0 Å². The molecule has 1 aliphatic heterocycles. The van der Waals surface area contributed by atoms with Crippen LogP contribution in [-0.4, -0.2) is 17.2 Å².